The van der Waals surface area contributed by atoms with Crippen LogP contribution in [0.3, 0.4) is 0 Å². The molecule has 0 aliphatic carbocycles. The minimum absolute atomic E-state index is 0.0449. The van der Waals surface area contributed by atoms with E-state index >= 15 is 0 Å². The zero-order valence-corrected chi connectivity index (χ0v) is 15.0. The average Bonchev–Trinajstić information content (AvgIpc) is 3.37. The Balaban J connectivity index is 1.49. The first kappa shape index (κ1) is 17.9. The van der Waals surface area contributed by atoms with E-state index in [1.54, 1.807) is 36.0 Å². The number of benzene rings is 1. The number of hydrogen-bond donors (Lipinski definition) is 0. The third-order valence-electron chi connectivity index (χ3n) is 4.32. The Hall–Kier alpha value is -3.49. The van der Waals surface area contributed by atoms with Crippen LogP contribution in [0.15, 0.2) is 47.5 Å². The molecule has 4 rings (SSSR count). The van der Waals surface area contributed by atoms with E-state index in [0.717, 1.165) is 11.3 Å². The van der Waals surface area contributed by atoms with Crippen molar-refractivity contribution in [3.63, 3.8) is 0 Å². The van der Waals surface area contributed by atoms with E-state index < -0.39 is 6.43 Å². The van der Waals surface area contributed by atoms with E-state index in [4.69, 9.17) is 4.74 Å². The van der Waals surface area contributed by atoms with Crippen molar-refractivity contribution in [1.82, 2.24) is 25.2 Å². The Bertz CT molecular complexity index is 1030. The first-order valence-electron chi connectivity index (χ1n) is 8.57. The molecule has 0 atom stereocenters. The molecule has 3 heterocycles. The standard InChI is InChI=1S/C19H16F2N6O/c1-12-17(27(26-23-12)15-4-2-13(3-5-15)19(20)21)11-28-18-7-6-16(24-25-18)14-8-9-22-10-14/h2-9,19H,10-11H2,1H3. The topological polar surface area (TPSA) is 78.1 Å². The molecule has 28 heavy (non-hydrogen) atoms. The second-order valence-electron chi connectivity index (χ2n) is 6.15. The molecule has 0 fully saturated rings. The van der Waals surface area contributed by atoms with Crippen LogP contribution in [-0.2, 0) is 6.61 Å². The molecule has 0 unspecified atom stereocenters. The summed E-state index contributed by atoms with van der Waals surface area (Å²) in [5.41, 5.74) is 3.71. The lowest BCUT2D eigenvalue weighted by Gasteiger charge is -2.09. The van der Waals surface area contributed by atoms with Crippen molar-refractivity contribution in [2.24, 2.45) is 4.99 Å². The number of halogens is 2. The first-order chi connectivity index (χ1) is 13.6. The Morgan fingerprint density at radius 1 is 1.07 bits per heavy atom. The Morgan fingerprint density at radius 2 is 1.89 bits per heavy atom. The lowest BCUT2D eigenvalue weighted by atomic mass is 10.2. The summed E-state index contributed by atoms with van der Waals surface area (Å²) in [5.74, 6) is 0.364. The first-order valence-corrected chi connectivity index (χ1v) is 8.57. The highest BCUT2D eigenvalue weighted by atomic mass is 19.3. The van der Waals surface area contributed by atoms with Gasteiger partial charge in [-0.25, -0.2) is 13.5 Å². The fourth-order valence-electron chi connectivity index (χ4n) is 2.73. The van der Waals surface area contributed by atoms with Gasteiger partial charge in [0.05, 0.1) is 23.6 Å². The second-order valence-corrected chi connectivity index (χ2v) is 6.15. The number of hydrogen-bond acceptors (Lipinski definition) is 6. The molecule has 0 bridgehead atoms. The number of nitrogens with zero attached hydrogens (tertiary/aromatic N) is 6. The van der Waals surface area contributed by atoms with Gasteiger partial charge in [-0.15, -0.1) is 15.3 Å². The predicted octanol–water partition coefficient (Wildman–Crippen LogP) is 3.35. The number of alkyl halides is 2. The van der Waals surface area contributed by atoms with Crippen molar-refractivity contribution >= 4 is 11.8 Å². The van der Waals surface area contributed by atoms with Crippen LogP contribution < -0.4 is 4.74 Å². The quantitative estimate of drug-likeness (QED) is 0.653. The molecule has 0 saturated carbocycles. The van der Waals surface area contributed by atoms with Gasteiger partial charge in [0.25, 0.3) is 6.43 Å². The highest BCUT2D eigenvalue weighted by Crippen LogP contribution is 2.22. The van der Waals surface area contributed by atoms with Gasteiger partial charge in [0, 0.05) is 23.4 Å². The number of aryl methyl sites for hydroxylation is 1. The van der Waals surface area contributed by atoms with Gasteiger partial charge >= 0.3 is 0 Å². The van der Waals surface area contributed by atoms with Crippen molar-refractivity contribution in [2.75, 3.05) is 6.54 Å². The lowest BCUT2D eigenvalue weighted by molar-refractivity contribution is 0.151. The third kappa shape index (κ3) is 3.64. The minimum atomic E-state index is -2.51. The molecule has 1 aliphatic rings. The SMILES string of the molecule is Cc1nnn(-c2ccc(C(F)F)cc2)c1COc1ccc(C2=CC=NC2)nn1. The van der Waals surface area contributed by atoms with Crippen LogP contribution >= 0.6 is 0 Å². The van der Waals surface area contributed by atoms with Crippen molar-refractivity contribution in [1.29, 1.82) is 0 Å². The van der Waals surface area contributed by atoms with Crippen molar-refractivity contribution in [3.05, 3.63) is 65.1 Å². The van der Waals surface area contributed by atoms with Gasteiger partial charge in [-0.1, -0.05) is 17.3 Å². The van der Waals surface area contributed by atoms with E-state index in [2.05, 4.69) is 25.5 Å². The summed E-state index contributed by atoms with van der Waals surface area (Å²) in [6, 6.07) is 9.45. The van der Waals surface area contributed by atoms with Gasteiger partial charge in [-0.2, -0.15) is 0 Å². The normalized spacial score (nSPS) is 13.2. The molecule has 2 aromatic heterocycles. The third-order valence-corrected chi connectivity index (χ3v) is 4.32. The zero-order chi connectivity index (χ0) is 19.5. The zero-order valence-electron chi connectivity index (χ0n) is 15.0. The Kier molecular flexibility index (Phi) is 4.88. The van der Waals surface area contributed by atoms with Gasteiger partial charge in [0.15, 0.2) is 0 Å². The molecule has 1 aromatic carbocycles. The molecule has 9 heteroatoms. The summed E-state index contributed by atoms with van der Waals surface area (Å²) in [5, 5.41) is 16.4. The molecule has 0 radical (unpaired) electrons. The van der Waals surface area contributed by atoms with Crippen LogP contribution in [0.4, 0.5) is 8.78 Å². The number of aromatic nitrogens is 5. The summed E-state index contributed by atoms with van der Waals surface area (Å²) < 4.78 is 32.8. The van der Waals surface area contributed by atoms with Crippen LogP contribution in [0.1, 0.15) is 29.1 Å². The second kappa shape index (κ2) is 7.63. The summed E-state index contributed by atoms with van der Waals surface area (Å²) in [7, 11) is 0. The Morgan fingerprint density at radius 3 is 2.54 bits per heavy atom. The lowest BCUT2D eigenvalue weighted by Crippen LogP contribution is -2.08. The molecule has 3 aromatic rings. The number of rotatable bonds is 6. The molecule has 0 amide bonds. The molecule has 1 aliphatic heterocycles. The van der Waals surface area contributed by atoms with Crippen LogP contribution in [-0.4, -0.2) is 38.0 Å². The highest BCUT2D eigenvalue weighted by molar-refractivity contribution is 5.88. The highest BCUT2D eigenvalue weighted by Gasteiger charge is 2.14. The summed E-state index contributed by atoms with van der Waals surface area (Å²) in [4.78, 5) is 4.12. The van der Waals surface area contributed by atoms with Crippen LogP contribution in [0, 0.1) is 6.92 Å². The van der Waals surface area contributed by atoms with Gasteiger partial charge in [-0.05, 0) is 31.2 Å². The van der Waals surface area contributed by atoms with Gasteiger partial charge in [-0.3, -0.25) is 4.99 Å². The molecule has 7 nitrogen and oxygen atoms in total. The monoisotopic (exact) mass is 382 g/mol. The van der Waals surface area contributed by atoms with Crippen molar-refractivity contribution in [3.8, 4) is 11.6 Å². The number of ether oxygens (including phenoxy) is 1. The van der Waals surface area contributed by atoms with Gasteiger partial charge < -0.3 is 4.74 Å². The summed E-state index contributed by atoms with van der Waals surface area (Å²) in [6.07, 6.45) is 1.13. The smallest absolute Gasteiger partial charge is 0.263 e. The Labute approximate surface area is 159 Å². The maximum absolute atomic E-state index is 12.7. The van der Waals surface area contributed by atoms with E-state index in [9.17, 15) is 8.78 Å². The molecule has 0 spiro atoms. The van der Waals surface area contributed by atoms with Gasteiger partial charge in [0.1, 0.15) is 12.3 Å². The van der Waals surface area contributed by atoms with E-state index in [0.29, 0.717) is 29.5 Å². The fourth-order valence-corrected chi connectivity index (χ4v) is 2.73. The number of aliphatic imine (C=N–C) groups is 1. The molecule has 0 saturated heterocycles. The van der Waals surface area contributed by atoms with E-state index in [-0.39, 0.29) is 12.2 Å². The largest absolute Gasteiger partial charge is 0.470 e. The average molecular weight is 382 g/mol. The summed E-state index contributed by atoms with van der Waals surface area (Å²) in [6.45, 7) is 2.57. The van der Waals surface area contributed by atoms with Crippen LogP contribution in [0.25, 0.3) is 11.3 Å². The molecular weight excluding hydrogens is 366 g/mol. The maximum atomic E-state index is 12.7. The summed E-state index contributed by atoms with van der Waals surface area (Å²) >= 11 is 0. The van der Waals surface area contributed by atoms with Crippen molar-refractivity contribution < 1.29 is 13.5 Å². The fraction of sp³-hybridized carbons (Fsp3) is 0.211. The van der Waals surface area contributed by atoms with Crippen LogP contribution in [0.5, 0.6) is 5.88 Å². The predicted molar refractivity (Wildman–Crippen MR) is 98.8 cm³/mol. The minimum Gasteiger partial charge on any atom is -0.470 e. The van der Waals surface area contributed by atoms with Crippen molar-refractivity contribution in [2.45, 2.75) is 20.0 Å². The van der Waals surface area contributed by atoms with Gasteiger partial charge in [0.2, 0.25) is 5.88 Å². The molecule has 142 valence electrons. The maximum Gasteiger partial charge on any atom is 0.263 e. The molecular formula is C19H16F2N6O. The van der Waals surface area contributed by atoms with E-state index in [1.807, 2.05) is 12.1 Å². The van der Waals surface area contributed by atoms with Crippen LogP contribution in [0.2, 0.25) is 0 Å². The number of allylic oxidation sites excluding steroid dienone is 1. The molecule has 0 N–H and O–H groups in total. The van der Waals surface area contributed by atoms with E-state index in [1.165, 1.54) is 12.1 Å².